The van der Waals surface area contributed by atoms with Crippen molar-refractivity contribution in [2.45, 2.75) is 79.7 Å². The summed E-state index contributed by atoms with van der Waals surface area (Å²) in [5.74, 6) is 7.26. The van der Waals surface area contributed by atoms with Crippen LogP contribution >= 0.6 is 11.3 Å². The number of esters is 1. The van der Waals surface area contributed by atoms with Gasteiger partial charge in [0, 0.05) is 17.8 Å². The highest BCUT2D eigenvalue weighted by atomic mass is 32.1. The van der Waals surface area contributed by atoms with Crippen LogP contribution in [0.2, 0.25) is 0 Å². The van der Waals surface area contributed by atoms with E-state index >= 15 is 0 Å². The molecule has 0 N–H and O–H groups in total. The minimum atomic E-state index is -0.541. The highest BCUT2D eigenvalue weighted by Gasteiger charge is 2.37. The van der Waals surface area contributed by atoms with Gasteiger partial charge in [-0.2, -0.15) is 4.98 Å². The van der Waals surface area contributed by atoms with E-state index in [9.17, 15) is 9.59 Å². The van der Waals surface area contributed by atoms with Gasteiger partial charge in [-0.1, -0.05) is 30.8 Å². The van der Waals surface area contributed by atoms with Crippen molar-refractivity contribution in [2.24, 2.45) is 17.3 Å². The number of aromatic nitrogens is 2. The van der Waals surface area contributed by atoms with Gasteiger partial charge in [0.2, 0.25) is 11.8 Å². The van der Waals surface area contributed by atoms with E-state index < -0.39 is 12.0 Å². The predicted molar refractivity (Wildman–Crippen MR) is 133 cm³/mol. The van der Waals surface area contributed by atoms with Crippen LogP contribution in [0.3, 0.4) is 0 Å². The molecule has 0 bridgehead atoms. The van der Waals surface area contributed by atoms with Gasteiger partial charge in [-0.25, -0.2) is 4.79 Å². The average molecular weight is 486 g/mol. The second-order valence-electron chi connectivity index (χ2n) is 10.1. The van der Waals surface area contributed by atoms with Gasteiger partial charge in [0.25, 0.3) is 0 Å². The molecule has 184 valence electrons. The molecule has 2 aromatic heterocycles. The lowest BCUT2D eigenvalue weighted by Gasteiger charge is -2.33. The average Bonchev–Trinajstić information content (AvgIpc) is 3.45. The van der Waals surface area contributed by atoms with Gasteiger partial charge in [0.1, 0.15) is 10.9 Å². The minimum Gasteiger partial charge on any atom is -0.465 e. The van der Waals surface area contributed by atoms with Gasteiger partial charge in [-0.15, -0.1) is 11.3 Å². The monoisotopic (exact) mass is 485 g/mol. The number of nitrogens with zero attached hydrogens (tertiary/aromatic N) is 3. The summed E-state index contributed by atoms with van der Waals surface area (Å²) in [6.45, 7) is 12.1. The van der Waals surface area contributed by atoms with E-state index in [0.29, 0.717) is 39.5 Å². The number of amides is 1. The van der Waals surface area contributed by atoms with Crippen molar-refractivity contribution in [2.75, 3.05) is 12.0 Å². The maximum atomic E-state index is 13.9. The van der Waals surface area contributed by atoms with E-state index in [2.05, 4.69) is 28.9 Å². The number of thiophene rings is 1. The maximum absolute atomic E-state index is 13.9. The summed E-state index contributed by atoms with van der Waals surface area (Å²) in [7, 11) is 1.34. The molecule has 1 fully saturated rings. The standard InChI is InChI=1S/C26H35N3O4S/c1-8-21-27-23(33-28-21)17(3)29(24(30)18-11-9-16(2)10-12-18)20-15-19(13-14-26(4,5)6)34-22(20)25(31)32-7/h15-18H,8-12H2,1-7H3. The van der Waals surface area contributed by atoms with Crippen molar-refractivity contribution in [1.29, 1.82) is 0 Å². The molecule has 8 heteroatoms. The van der Waals surface area contributed by atoms with Gasteiger partial charge in [-0.3, -0.25) is 9.69 Å². The first-order valence-electron chi connectivity index (χ1n) is 11.9. The summed E-state index contributed by atoms with van der Waals surface area (Å²) in [5.41, 5.74) is 0.291. The lowest BCUT2D eigenvalue weighted by Crippen LogP contribution is -2.40. The normalized spacial score (nSPS) is 19.1. The van der Waals surface area contributed by atoms with E-state index in [1.807, 2.05) is 40.7 Å². The second kappa shape index (κ2) is 10.7. The van der Waals surface area contributed by atoms with Crippen molar-refractivity contribution in [3.63, 3.8) is 0 Å². The van der Waals surface area contributed by atoms with Crippen LogP contribution in [0.4, 0.5) is 5.69 Å². The third-order valence-corrected chi connectivity index (χ3v) is 7.07. The summed E-state index contributed by atoms with van der Waals surface area (Å²) in [6, 6.07) is 1.27. The minimum absolute atomic E-state index is 0.0334. The van der Waals surface area contributed by atoms with Crippen LogP contribution in [0.1, 0.15) is 99.5 Å². The zero-order valence-electron chi connectivity index (χ0n) is 21.2. The SMILES string of the molecule is CCc1noc(C(C)N(C(=O)C2CCC(C)CC2)c2cc(C#CC(C)(C)C)sc2C(=O)OC)n1. The number of carbonyl (C=O) groups is 2. The molecule has 1 atom stereocenters. The van der Waals surface area contributed by atoms with E-state index in [1.165, 1.54) is 18.4 Å². The smallest absolute Gasteiger partial charge is 0.350 e. The third-order valence-electron chi connectivity index (χ3n) is 6.05. The van der Waals surface area contributed by atoms with Crippen LogP contribution in [0.5, 0.6) is 0 Å². The number of hydrogen-bond donors (Lipinski definition) is 0. The molecule has 1 saturated carbocycles. The first-order valence-corrected chi connectivity index (χ1v) is 12.8. The van der Waals surface area contributed by atoms with Crippen molar-refractivity contribution in [1.82, 2.24) is 10.1 Å². The van der Waals surface area contributed by atoms with E-state index in [0.717, 1.165) is 25.7 Å². The topological polar surface area (TPSA) is 85.5 Å². The Kier molecular flexibility index (Phi) is 8.19. The molecule has 0 spiro atoms. The summed E-state index contributed by atoms with van der Waals surface area (Å²) in [4.78, 5) is 33.9. The Morgan fingerprint density at radius 2 is 1.97 bits per heavy atom. The molecule has 1 aliphatic carbocycles. The van der Waals surface area contributed by atoms with Crippen molar-refractivity contribution >= 4 is 28.9 Å². The van der Waals surface area contributed by atoms with Crippen molar-refractivity contribution in [3.8, 4) is 11.8 Å². The molecule has 1 amide bonds. The Hall–Kier alpha value is -2.66. The van der Waals surface area contributed by atoms with Gasteiger partial charge < -0.3 is 9.26 Å². The number of ether oxygens (including phenoxy) is 1. The Morgan fingerprint density at radius 1 is 1.29 bits per heavy atom. The lowest BCUT2D eigenvalue weighted by atomic mass is 9.82. The third kappa shape index (κ3) is 6.06. The summed E-state index contributed by atoms with van der Waals surface area (Å²) < 4.78 is 10.6. The molecule has 34 heavy (non-hydrogen) atoms. The fourth-order valence-corrected chi connectivity index (χ4v) is 4.94. The number of hydrogen-bond acceptors (Lipinski definition) is 7. The van der Waals surface area contributed by atoms with Crippen molar-refractivity contribution in [3.05, 3.63) is 27.5 Å². The number of carbonyl (C=O) groups excluding carboxylic acids is 2. The highest BCUT2D eigenvalue weighted by Crippen LogP contribution is 2.39. The number of rotatable bonds is 6. The molecular formula is C26H35N3O4S. The summed E-state index contributed by atoms with van der Waals surface area (Å²) in [5, 5.41) is 4.01. The fourth-order valence-electron chi connectivity index (χ4n) is 4.02. The second-order valence-corrected chi connectivity index (χ2v) is 11.1. The number of aryl methyl sites for hydroxylation is 1. The lowest BCUT2D eigenvalue weighted by molar-refractivity contribution is -0.124. The Labute approximate surface area is 206 Å². The quantitative estimate of drug-likeness (QED) is 0.380. The zero-order chi connectivity index (χ0) is 25.0. The molecule has 0 radical (unpaired) electrons. The molecular weight excluding hydrogens is 450 g/mol. The predicted octanol–water partition coefficient (Wildman–Crippen LogP) is 5.80. The first-order chi connectivity index (χ1) is 16.0. The number of methoxy groups -OCH3 is 1. The van der Waals surface area contributed by atoms with Gasteiger partial charge in [0.15, 0.2) is 5.82 Å². The van der Waals surface area contributed by atoms with Crippen LogP contribution in [0.15, 0.2) is 10.6 Å². The highest BCUT2D eigenvalue weighted by molar-refractivity contribution is 7.15. The largest absolute Gasteiger partial charge is 0.465 e. The molecule has 0 aliphatic heterocycles. The van der Waals surface area contributed by atoms with Crippen LogP contribution < -0.4 is 4.90 Å². The van der Waals surface area contributed by atoms with Crippen LogP contribution in [-0.4, -0.2) is 29.1 Å². The molecule has 1 unspecified atom stereocenters. The molecule has 0 saturated heterocycles. The van der Waals surface area contributed by atoms with Gasteiger partial charge in [0.05, 0.1) is 17.7 Å². The van der Waals surface area contributed by atoms with E-state index in [4.69, 9.17) is 9.26 Å². The fraction of sp³-hybridized carbons (Fsp3) is 0.615. The molecule has 2 aromatic rings. The molecule has 7 nitrogen and oxygen atoms in total. The maximum Gasteiger partial charge on any atom is 0.350 e. The summed E-state index contributed by atoms with van der Waals surface area (Å²) >= 11 is 1.24. The number of anilines is 1. The molecule has 0 aromatic carbocycles. The van der Waals surface area contributed by atoms with Crippen LogP contribution in [0.25, 0.3) is 0 Å². The molecule has 2 heterocycles. The Balaban J connectivity index is 2.10. The Morgan fingerprint density at radius 3 is 2.53 bits per heavy atom. The Bertz CT molecular complexity index is 1080. The van der Waals surface area contributed by atoms with Crippen LogP contribution in [-0.2, 0) is 16.0 Å². The molecule has 1 aliphatic rings. The van der Waals surface area contributed by atoms with E-state index in [-0.39, 0.29) is 17.2 Å². The first kappa shape index (κ1) is 26.0. The zero-order valence-corrected chi connectivity index (χ0v) is 22.0. The van der Waals surface area contributed by atoms with Gasteiger partial charge in [-0.05, 0) is 65.4 Å². The van der Waals surface area contributed by atoms with Gasteiger partial charge >= 0.3 is 5.97 Å². The van der Waals surface area contributed by atoms with Crippen LogP contribution in [0, 0.1) is 29.1 Å². The van der Waals surface area contributed by atoms with E-state index in [1.54, 1.807) is 4.90 Å². The molecule has 3 rings (SSSR count). The summed E-state index contributed by atoms with van der Waals surface area (Å²) in [6.07, 6.45) is 4.29. The van der Waals surface area contributed by atoms with Crippen molar-refractivity contribution < 1.29 is 18.8 Å².